The molecule has 26 heavy (non-hydrogen) atoms. The Morgan fingerprint density at radius 3 is 2.73 bits per heavy atom. The number of ether oxygens (including phenoxy) is 1. The number of aromatic nitrogens is 4. The number of benzene rings is 1. The second kappa shape index (κ2) is 8.05. The molecule has 8 nitrogen and oxygen atoms in total. The highest BCUT2D eigenvalue weighted by atomic mass is 32.2. The second-order valence-corrected chi connectivity index (χ2v) is 6.36. The molecule has 2 N–H and O–H groups in total. The third-order valence-corrected chi connectivity index (χ3v) is 4.53. The molecule has 3 aromatic rings. The van der Waals surface area contributed by atoms with E-state index in [2.05, 4.69) is 20.5 Å². The molecule has 0 spiro atoms. The Kier molecular flexibility index (Phi) is 5.57. The number of carbonyl (C=O) groups is 1. The van der Waals surface area contributed by atoms with Crippen LogP contribution in [0.15, 0.2) is 40.3 Å². The number of aromatic amines is 1. The van der Waals surface area contributed by atoms with Crippen LogP contribution in [0.4, 0.5) is 5.69 Å². The summed E-state index contributed by atoms with van der Waals surface area (Å²) in [6.45, 7) is 4.46. The molecule has 136 valence electrons. The van der Waals surface area contributed by atoms with Crippen molar-refractivity contribution in [1.82, 2.24) is 19.6 Å². The van der Waals surface area contributed by atoms with Gasteiger partial charge in [0.2, 0.25) is 11.7 Å². The van der Waals surface area contributed by atoms with E-state index in [4.69, 9.17) is 4.74 Å². The zero-order valence-corrected chi connectivity index (χ0v) is 15.3. The SMILES string of the molecule is CCOc1ccc(NC(=O)CSc2nnc3[nH]c(=O)cc(CC)n23)cc1. The highest BCUT2D eigenvalue weighted by Gasteiger charge is 2.13. The van der Waals surface area contributed by atoms with Crippen LogP contribution in [0, 0.1) is 0 Å². The van der Waals surface area contributed by atoms with E-state index in [1.807, 2.05) is 26.0 Å². The normalized spacial score (nSPS) is 10.8. The molecule has 0 bridgehead atoms. The Balaban J connectivity index is 1.66. The number of rotatable bonds is 7. The molecule has 0 aliphatic carbocycles. The van der Waals surface area contributed by atoms with Gasteiger partial charge < -0.3 is 10.1 Å². The van der Waals surface area contributed by atoms with Crippen molar-refractivity contribution in [2.75, 3.05) is 17.7 Å². The molecular formula is C17H19N5O3S. The van der Waals surface area contributed by atoms with Crippen LogP contribution >= 0.6 is 11.8 Å². The molecule has 0 radical (unpaired) electrons. The zero-order valence-electron chi connectivity index (χ0n) is 14.5. The van der Waals surface area contributed by atoms with Crippen molar-refractivity contribution in [3.05, 3.63) is 46.4 Å². The van der Waals surface area contributed by atoms with E-state index in [-0.39, 0.29) is 17.2 Å². The summed E-state index contributed by atoms with van der Waals surface area (Å²) in [6.07, 6.45) is 0.657. The van der Waals surface area contributed by atoms with Gasteiger partial charge in [-0.05, 0) is 37.6 Å². The number of hydrogen-bond acceptors (Lipinski definition) is 6. The van der Waals surface area contributed by atoms with Crippen LogP contribution in [-0.2, 0) is 11.2 Å². The lowest BCUT2D eigenvalue weighted by Gasteiger charge is -2.07. The summed E-state index contributed by atoms with van der Waals surface area (Å²) >= 11 is 1.26. The summed E-state index contributed by atoms with van der Waals surface area (Å²) in [7, 11) is 0. The van der Waals surface area contributed by atoms with Crippen LogP contribution in [0.3, 0.4) is 0 Å². The minimum Gasteiger partial charge on any atom is -0.494 e. The van der Waals surface area contributed by atoms with Gasteiger partial charge in [-0.15, -0.1) is 10.2 Å². The summed E-state index contributed by atoms with van der Waals surface area (Å²) in [4.78, 5) is 26.4. The fourth-order valence-corrected chi connectivity index (χ4v) is 3.22. The van der Waals surface area contributed by atoms with Gasteiger partial charge in [0.25, 0.3) is 5.56 Å². The topological polar surface area (TPSA) is 101 Å². The Hall–Kier alpha value is -2.81. The number of amides is 1. The fraction of sp³-hybridized carbons (Fsp3) is 0.294. The van der Waals surface area contributed by atoms with Crippen LogP contribution in [0.2, 0.25) is 0 Å². The molecule has 9 heteroatoms. The number of aryl methyl sites for hydroxylation is 1. The summed E-state index contributed by atoms with van der Waals surface area (Å²) in [5.74, 6) is 1.16. The van der Waals surface area contributed by atoms with Crippen LogP contribution in [0.5, 0.6) is 5.75 Å². The predicted octanol–water partition coefficient (Wildman–Crippen LogP) is 2.11. The van der Waals surface area contributed by atoms with Gasteiger partial charge >= 0.3 is 0 Å². The average molecular weight is 373 g/mol. The molecule has 0 fully saturated rings. The van der Waals surface area contributed by atoms with E-state index in [0.29, 0.717) is 29.6 Å². The first-order chi connectivity index (χ1) is 12.6. The van der Waals surface area contributed by atoms with E-state index in [0.717, 1.165) is 11.4 Å². The zero-order chi connectivity index (χ0) is 18.5. The van der Waals surface area contributed by atoms with Crippen molar-refractivity contribution in [1.29, 1.82) is 0 Å². The third kappa shape index (κ3) is 4.05. The van der Waals surface area contributed by atoms with Crippen molar-refractivity contribution in [3.63, 3.8) is 0 Å². The van der Waals surface area contributed by atoms with E-state index < -0.39 is 0 Å². The summed E-state index contributed by atoms with van der Waals surface area (Å²) in [6, 6.07) is 8.71. The quantitative estimate of drug-likeness (QED) is 0.615. The van der Waals surface area contributed by atoms with Crippen LogP contribution in [0.25, 0.3) is 5.78 Å². The number of fused-ring (bicyclic) bond motifs is 1. The smallest absolute Gasteiger partial charge is 0.252 e. The fourth-order valence-electron chi connectivity index (χ4n) is 2.45. The Labute approximate surface area is 154 Å². The first kappa shape index (κ1) is 18.0. The molecule has 1 aromatic carbocycles. The Morgan fingerprint density at radius 1 is 1.27 bits per heavy atom. The van der Waals surface area contributed by atoms with Gasteiger partial charge in [0.05, 0.1) is 12.4 Å². The Bertz CT molecular complexity index is 965. The molecule has 0 saturated carbocycles. The van der Waals surface area contributed by atoms with Crippen molar-refractivity contribution in [3.8, 4) is 5.75 Å². The molecule has 2 aromatic heterocycles. The number of nitrogens with zero attached hydrogens (tertiary/aromatic N) is 3. The maximum Gasteiger partial charge on any atom is 0.252 e. The number of carbonyl (C=O) groups excluding carboxylic acids is 1. The molecule has 0 aliphatic rings. The minimum atomic E-state index is -0.216. The van der Waals surface area contributed by atoms with Crippen molar-refractivity contribution in [2.45, 2.75) is 25.4 Å². The van der Waals surface area contributed by atoms with Crippen LogP contribution < -0.4 is 15.6 Å². The first-order valence-electron chi connectivity index (χ1n) is 8.23. The van der Waals surface area contributed by atoms with Gasteiger partial charge in [-0.3, -0.25) is 19.0 Å². The van der Waals surface area contributed by atoms with Crippen LogP contribution in [0.1, 0.15) is 19.5 Å². The molecule has 0 unspecified atom stereocenters. The van der Waals surface area contributed by atoms with E-state index >= 15 is 0 Å². The number of thioether (sulfide) groups is 1. The van der Waals surface area contributed by atoms with E-state index in [9.17, 15) is 9.59 Å². The summed E-state index contributed by atoms with van der Waals surface area (Å²) in [5.41, 5.74) is 1.28. The predicted molar refractivity (Wildman–Crippen MR) is 100.0 cm³/mol. The monoisotopic (exact) mass is 373 g/mol. The molecule has 0 aliphatic heterocycles. The van der Waals surface area contributed by atoms with Gasteiger partial charge in [0.1, 0.15) is 5.75 Å². The summed E-state index contributed by atoms with van der Waals surface area (Å²) < 4.78 is 7.13. The summed E-state index contributed by atoms with van der Waals surface area (Å²) in [5, 5.41) is 11.4. The number of nitrogens with one attached hydrogen (secondary N) is 2. The van der Waals surface area contributed by atoms with E-state index in [1.165, 1.54) is 17.8 Å². The molecule has 0 saturated heterocycles. The van der Waals surface area contributed by atoms with E-state index in [1.54, 1.807) is 16.5 Å². The molecule has 1 amide bonds. The van der Waals surface area contributed by atoms with Gasteiger partial charge in [-0.2, -0.15) is 0 Å². The van der Waals surface area contributed by atoms with Crippen molar-refractivity contribution >= 4 is 29.1 Å². The maximum atomic E-state index is 12.2. The average Bonchev–Trinajstić information content (AvgIpc) is 3.04. The largest absolute Gasteiger partial charge is 0.494 e. The lowest BCUT2D eigenvalue weighted by Crippen LogP contribution is -2.15. The molecule has 0 atom stereocenters. The molecular weight excluding hydrogens is 354 g/mol. The molecule has 2 heterocycles. The standard InChI is InChI=1S/C17H19N5O3S/c1-3-12-9-14(23)19-16-20-21-17(22(12)16)26-10-15(24)18-11-5-7-13(8-6-11)25-4-2/h5-9H,3-4,10H2,1-2H3,(H,18,24)(H,19,20,23). The Morgan fingerprint density at radius 2 is 2.04 bits per heavy atom. The van der Waals surface area contributed by atoms with Crippen molar-refractivity contribution in [2.24, 2.45) is 0 Å². The first-order valence-corrected chi connectivity index (χ1v) is 9.22. The number of anilines is 1. The number of H-pyrrole nitrogens is 1. The number of hydrogen-bond donors (Lipinski definition) is 2. The maximum absolute atomic E-state index is 12.2. The van der Waals surface area contributed by atoms with Crippen LogP contribution in [-0.4, -0.2) is 37.8 Å². The van der Waals surface area contributed by atoms with Gasteiger partial charge in [0, 0.05) is 17.4 Å². The third-order valence-electron chi connectivity index (χ3n) is 3.60. The van der Waals surface area contributed by atoms with Gasteiger partial charge in [0.15, 0.2) is 5.16 Å². The highest BCUT2D eigenvalue weighted by Crippen LogP contribution is 2.19. The van der Waals surface area contributed by atoms with Crippen molar-refractivity contribution < 1.29 is 9.53 Å². The second-order valence-electron chi connectivity index (χ2n) is 5.41. The lowest BCUT2D eigenvalue weighted by atomic mass is 10.3. The van der Waals surface area contributed by atoms with Gasteiger partial charge in [-0.1, -0.05) is 18.7 Å². The van der Waals surface area contributed by atoms with Gasteiger partial charge in [-0.25, -0.2) is 0 Å². The lowest BCUT2D eigenvalue weighted by molar-refractivity contribution is -0.113. The highest BCUT2D eigenvalue weighted by molar-refractivity contribution is 7.99. The molecule has 3 rings (SSSR count). The minimum absolute atomic E-state index is 0.154.